The molecule has 3 aromatic carbocycles. The van der Waals surface area contributed by atoms with Crippen molar-refractivity contribution in [3.8, 4) is 0 Å². The molecule has 0 radical (unpaired) electrons. The fourth-order valence-corrected chi connectivity index (χ4v) is 6.26. The minimum absolute atomic E-state index is 0.184. The summed E-state index contributed by atoms with van der Waals surface area (Å²) in [7, 11) is -3.79. The van der Waals surface area contributed by atoms with Crippen LogP contribution < -0.4 is 5.32 Å². The molecule has 4 rings (SSSR count). The maximum Gasteiger partial charge on any atom is 0.251 e. The molecule has 3 aromatic rings. The third kappa shape index (κ3) is 5.15. The third-order valence-electron chi connectivity index (χ3n) is 6.09. The van der Waals surface area contributed by atoms with Crippen LogP contribution in [0.25, 0.3) is 0 Å². The average molecular weight is 467 g/mol. The Labute approximate surface area is 194 Å². The van der Waals surface area contributed by atoms with Crippen LogP contribution in [0, 0.1) is 12.7 Å². The number of rotatable bonds is 7. The van der Waals surface area contributed by atoms with Crippen molar-refractivity contribution in [2.24, 2.45) is 0 Å². The van der Waals surface area contributed by atoms with Gasteiger partial charge in [-0.25, -0.2) is 12.8 Å². The highest BCUT2D eigenvalue weighted by Crippen LogP contribution is 2.41. The molecule has 33 heavy (non-hydrogen) atoms. The van der Waals surface area contributed by atoms with Gasteiger partial charge in [0, 0.05) is 18.2 Å². The van der Waals surface area contributed by atoms with Gasteiger partial charge in [0.1, 0.15) is 5.82 Å². The Kier molecular flexibility index (Phi) is 6.91. The van der Waals surface area contributed by atoms with Gasteiger partial charge in [0.05, 0.1) is 10.9 Å². The lowest BCUT2D eigenvalue weighted by atomic mass is 10.1. The molecule has 1 N–H and O–H groups in total. The van der Waals surface area contributed by atoms with Crippen molar-refractivity contribution in [3.05, 3.63) is 101 Å². The van der Waals surface area contributed by atoms with Gasteiger partial charge in [-0.3, -0.25) is 4.79 Å². The largest absolute Gasteiger partial charge is 0.352 e. The van der Waals surface area contributed by atoms with Crippen LogP contribution in [0.1, 0.15) is 46.8 Å². The zero-order valence-corrected chi connectivity index (χ0v) is 19.3. The summed E-state index contributed by atoms with van der Waals surface area (Å²) in [5.41, 5.74) is 2.31. The highest BCUT2D eigenvalue weighted by Gasteiger charge is 2.42. The monoisotopic (exact) mass is 466 g/mol. The number of hydrogen-bond acceptors (Lipinski definition) is 3. The van der Waals surface area contributed by atoms with Crippen molar-refractivity contribution >= 4 is 15.9 Å². The first-order valence-corrected chi connectivity index (χ1v) is 12.5. The van der Waals surface area contributed by atoms with Crippen molar-refractivity contribution in [1.29, 1.82) is 0 Å². The molecule has 1 aliphatic rings. The maximum atomic E-state index is 13.7. The molecule has 1 amide bonds. The summed E-state index contributed by atoms with van der Waals surface area (Å²) >= 11 is 0. The first-order valence-electron chi connectivity index (χ1n) is 11.0. The molecule has 1 fully saturated rings. The summed E-state index contributed by atoms with van der Waals surface area (Å²) in [6.45, 7) is 2.26. The summed E-state index contributed by atoms with van der Waals surface area (Å²) in [6, 6.07) is 21.1. The number of sulfonamides is 1. The van der Waals surface area contributed by atoms with Crippen molar-refractivity contribution in [2.45, 2.75) is 43.2 Å². The molecule has 2 atom stereocenters. The molecule has 1 heterocycles. The van der Waals surface area contributed by atoms with Gasteiger partial charge in [-0.2, -0.15) is 4.31 Å². The molecule has 0 saturated carbocycles. The molecule has 1 saturated heterocycles. The predicted molar refractivity (Wildman–Crippen MR) is 126 cm³/mol. The number of carbonyl (C=O) groups excluding carboxylic acids is 1. The van der Waals surface area contributed by atoms with Crippen LogP contribution in [-0.4, -0.2) is 31.2 Å². The first kappa shape index (κ1) is 23.1. The van der Waals surface area contributed by atoms with Crippen molar-refractivity contribution in [2.75, 3.05) is 6.54 Å². The highest BCUT2D eigenvalue weighted by molar-refractivity contribution is 7.89. The highest BCUT2D eigenvalue weighted by atomic mass is 32.2. The standard InChI is InChI=1S/C26H27FN2O3S/c1-19-7-14-24(15-8-19)33(31,32)29-23(13-16-25(29)20-9-11-22(27)12-10-20)17-18-28-26(30)21-5-3-2-4-6-21/h2-12,14-15,23,25H,13,16-18H2,1H3,(H,28,30). The second-order valence-corrected chi connectivity index (χ2v) is 10.2. The van der Waals surface area contributed by atoms with Crippen LogP contribution >= 0.6 is 0 Å². The molecule has 0 aliphatic carbocycles. The topological polar surface area (TPSA) is 66.5 Å². The van der Waals surface area contributed by atoms with E-state index < -0.39 is 10.0 Å². The first-order chi connectivity index (χ1) is 15.9. The molecule has 7 heteroatoms. The quantitative estimate of drug-likeness (QED) is 0.541. The molecule has 0 aromatic heterocycles. The van der Waals surface area contributed by atoms with E-state index in [1.165, 1.54) is 12.1 Å². The van der Waals surface area contributed by atoms with E-state index in [4.69, 9.17) is 0 Å². The van der Waals surface area contributed by atoms with Gasteiger partial charge in [-0.15, -0.1) is 0 Å². The number of nitrogens with one attached hydrogen (secondary N) is 1. The molecule has 172 valence electrons. The number of halogens is 1. The summed E-state index contributed by atoms with van der Waals surface area (Å²) < 4.78 is 42.4. The van der Waals surface area contributed by atoms with E-state index >= 15 is 0 Å². The number of aryl methyl sites for hydroxylation is 1. The van der Waals surface area contributed by atoms with Crippen LogP contribution in [0.3, 0.4) is 0 Å². The lowest BCUT2D eigenvalue weighted by molar-refractivity contribution is 0.0951. The number of nitrogens with zero attached hydrogens (tertiary/aromatic N) is 1. The summed E-state index contributed by atoms with van der Waals surface area (Å²) in [5.74, 6) is -0.540. The molecule has 5 nitrogen and oxygen atoms in total. The molecule has 0 bridgehead atoms. The average Bonchev–Trinajstić information content (AvgIpc) is 3.25. The lowest BCUT2D eigenvalue weighted by Crippen LogP contribution is -2.39. The number of carbonyl (C=O) groups is 1. The summed E-state index contributed by atoms with van der Waals surface area (Å²) in [6.07, 6.45) is 1.78. The summed E-state index contributed by atoms with van der Waals surface area (Å²) in [5, 5.41) is 2.90. The van der Waals surface area contributed by atoms with Crippen molar-refractivity contribution in [1.82, 2.24) is 9.62 Å². The molecule has 2 unspecified atom stereocenters. The molecular formula is C26H27FN2O3S. The lowest BCUT2D eigenvalue weighted by Gasteiger charge is -2.30. The predicted octanol–water partition coefficient (Wildman–Crippen LogP) is 4.85. The SMILES string of the molecule is Cc1ccc(S(=O)(=O)N2C(CCNC(=O)c3ccccc3)CCC2c2ccc(F)cc2)cc1. The minimum atomic E-state index is -3.79. The van der Waals surface area contributed by atoms with E-state index in [9.17, 15) is 17.6 Å². The van der Waals surface area contributed by atoms with E-state index in [1.54, 1.807) is 65.0 Å². The van der Waals surface area contributed by atoms with Gasteiger partial charge in [0.2, 0.25) is 10.0 Å². The second kappa shape index (κ2) is 9.85. The van der Waals surface area contributed by atoms with Crippen LogP contribution in [0.5, 0.6) is 0 Å². The van der Waals surface area contributed by atoms with Crippen LogP contribution in [0.4, 0.5) is 4.39 Å². The Balaban J connectivity index is 1.56. The van der Waals surface area contributed by atoms with Gasteiger partial charge in [-0.05, 0) is 68.1 Å². The van der Waals surface area contributed by atoms with E-state index in [0.717, 1.165) is 11.1 Å². The summed E-state index contributed by atoms with van der Waals surface area (Å²) in [4.78, 5) is 12.6. The van der Waals surface area contributed by atoms with E-state index in [0.29, 0.717) is 31.4 Å². The Morgan fingerprint density at radius 2 is 1.64 bits per heavy atom. The molecular weight excluding hydrogens is 439 g/mol. The smallest absolute Gasteiger partial charge is 0.251 e. The van der Waals surface area contributed by atoms with Crippen LogP contribution in [0.2, 0.25) is 0 Å². The van der Waals surface area contributed by atoms with Crippen molar-refractivity contribution < 1.29 is 17.6 Å². The normalized spacial score (nSPS) is 18.8. The molecule has 0 spiro atoms. The fourth-order valence-electron chi connectivity index (χ4n) is 4.37. The fraction of sp³-hybridized carbons (Fsp3) is 0.269. The van der Waals surface area contributed by atoms with E-state index in [2.05, 4.69) is 5.32 Å². The third-order valence-corrected chi connectivity index (χ3v) is 8.07. The Bertz CT molecular complexity index is 1200. The van der Waals surface area contributed by atoms with Crippen LogP contribution in [0.15, 0.2) is 83.8 Å². The van der Waals surface area contributed by atoms with Gasteiger partial charge in [0.15, 0.2) is 0 Å². The van der Waals surface area contributed by atoms with Gasteiger partial charge in [0.25, 0.3) is 5.91 Å². The number of hydrogen-bond donors (Lipinski definition) is 1. The van der Waals surface area contributed by atoms with Gasteiger partial charge < -0.3 is 5.32 Å². The maximum absolute atomic E-state index is 13.7. The van der Waals surface area contributed by atoms with Crippen molar-refractivity contribution in [3.63, 3.8) is 0 Å². The van der Waals surface area contributed by atoms with Crippen LogP contribution in [-0.2, 0) is 10.0 Å². The zero-order chi connectivity index (χ0) is 23.4. The van der Waals surface area contributed by atoms with Gasteiger partial charge in [-0.1, -0.05) is 48.0 Å². The van der Waals surface area contributed by atoms with Gasteiger partial charge >= 0.3 is 0 Å². The Hall–Kier alpha value is -3.03. The minimum Gasteiger partial charge on any atom is -0.352 e. The van der Waals surface area contributed by atoms with E-state index in [-0.39, 0.29) is 28.7 Å². The second-order valence-electron chi connectivity index (χ2n) is 8.36. The Morgan fingerprint density at radius 3 is 2.30 bits per heavy atom. The van der Waals surface area contributed by atoms with E-state index in [1.807, 2.05) is 13.0 Å². The Morgan fingerprint density at radius 1 is 0.970 bits per heavy atom. The number of amides is 1. The number of benzene rings is 3. The zero-order valence-electron chi connectivity index (χ0n) is 18.4. The molecule has 1 aliphatic heterocycles.